The van der Waals surface area contributed by atoms with Gasteiger partial charge in [-0.15, -0.1) is 24.9 Å². The Bertz CT molecular complexity index is 839. The van der Waals surface area contributed by atoms with Gasteiger partial charge in [-0.3, -0.25) is 14.4 Å². The van der Waals surface area contributed by atoms with E-state index in [-0.39, 0.29) is 40.5 Å². The van der Waals surface area contributed by atoms with Crippen molar-refractivity contribution >= 4 is 45.5 Å². The van der Waals surface area contributed by atoms with Crippen LogP contribution in [0.25, 0.3) is 0 Å². The van der Waals surface area contributed by atoms with Crippen molar-refractivity contribution in [1.29, 1.82) is 0 Å². The molecule has 1 N–H and O–H groups in total. The van der Waals surface area contributed by atoms with Crippen LogP contribution >= 0.6 is 27.7 Å². The van der Waals surface area contributed by atoms with E-state index in [0.717, 1.165) is 32.1 Å². The molecule has 1 spiro atoms. The van der Waals surface area contributed by atoms with Crippen LogP contribution in [-0.4, -0.2) is 85.9 Å². The van der Waals surface area contributed by atoms with E-state index >= 15 is 0 Å². The van der Waals surface area contributed by atoms with E-state index in [4.69, 9.17) is 9.84 Å². The van der Waals surface area contributed by atoms with Crippen LogP contribution in [0.4, 0.5) is 0 Å². The van der Waals surface area contributed by atoms with Gasteiger partial charge < -0.3 is 19.6 Å². The molecule has 3 fully saturated rings. The van der Waals surface area contributed by atoms with Crippen LogP contribution in [0, 0.1) is 11.8 Å². The highest BCUT2D eigenvalue weighted by molar-refractivity contribution is 9.09. The standard InChI is InChI=1S/C27H41BrN2O5S/c1-5-7-12-16-35-26(34)20-21-24(32)30(14-10-8-9-11-15-31)23(25(33)29(13-6-2)18(3)4)27(21)17-19(28)22(20)36-27/h5-6,18-23,31H,1-2,7-17H2,3-4H3/t19?,20-,21+,22-,23?,27?/m1/s1. The maximum atomic E-state index is 14.1. The first kappa shape index (κ1) is 29.2. The zero-order valence-electron chi connectivity index (χ0n) is 21.6. The predicted octanol–water partition coefficient (Wildman–Crippen LogP) is 3.94. The fourth-order valence-corrected chi connectivity index (χ4v) is 9.61. The normalized spacial score (nSPS) is 30.5. The number of halogens is 1. The highest BCUT2D eigenvalue weighted by Gasteiger charge is 2.76. The second-order valence-electron chi connectivity index (χ2n) is 10.3. The number of alkyl halides is 1. The number of aliphatic hydroxyl groups excluding tert-OH is 1. The number of ether oxygens (including phenoxy) is 1. The number of hydrogen-bond donors (Lipinski definition) is 1. The Balaban J connectivity index is 1.92. The van der Waals surface area contributed by atoms with Gasteiger partial charge in [0, 0.05) is 35.8 Å². The van der Waals surface area contributed by atoms with E-state index < -0.39 is 22.6 Å². The monoisotopic (exact) mass is 584 g/mol. The zero-order valence-corrected chi connectivity index (χ0v) is 24.0. The van der Waals surface area contributed by atoms with Gasteiger partial charge in [0.15, 0.2) is 0 Å². The molecule has 0 aromatic heterocycles. The number of likely N-dealkylation sites (tertiary alicyclic amines) is 1. The molecule has 0 aromatic carbocycles. The minimum absolute atomic E-state index is 0.0315. The number of fused-ring (bicyclic) bond motifs is 1. The maximum Gasteiger partial charge on any atom is 0.310 e. The van der Waals surface area contributed by atoms with E-state index in [9.17, 15) is 14.4 Å². The molecule has 7 nitrogen and oxygen atoms in total. The molecule has 36 heavy (non-hydrogen) atoms. The number of aliphatic hydroxyl groups is 1. The Morgan fingerprint density at radius 1 is 1.25 bits per heavy atom. The fraction of sp³-hybridized carbons (Fsp3) is 0.741. The van der Waals surface area contributed by atoms with Crippen LogP contribution in [0.5, 0.6) is 0 Å². The number of hydrogen-bond acceptors (Lipinski definition) is 6. The molecule has 0 saturated carbocycles. The van der Waals surface area contributed by atoms with Crippen LogP contribution < -0.4 is 0 Å². The average molecular weight is 586 g/mol. The third-order valence-corrected chi connectivity index (χ3v) is 10.9. The van der Waals surface area contributed by atoms with Crippen molar-refractivity contribution in [2.24, 2.45) is 11.8 Å². The summed E-state index contributed by atoms with van der Waals surface area (Å²) < 4.78 is 4.98. The minimum Gasteiger partial charge on any atom is -0.465 e. The summed E-state index contributed by atoms with van der Waals surface area (Å²) in [5, 5.41) is 9.00. The van der Waals surface area contributed by atoms with Crippen LogP contribution in [0.15, 0.2) is 25.3 Å². The Labute approximate surface area is 228 Å². The summed E-state index contributed by atoms with van der Waals surface area (Å²) in [4.78, 5) is 45.0. The molecule has 2 amide bonds. The molecule has 3 heterocycles. The van der Waals surface area contributed by atoms with E-state index in [1.54, 1.807) is 33.7 Å². The molecular weight excluding hydrogens is 544 g/mol. The molecule has 3 rings (SSSR count). The van der Waals surface area contributed by atoms with Gasteiger partial charge in [0.05, 0.1) is 23.2 Å². The third-order valence-electron chi connectivity index (χ3n) is 7.63. The van der Waals surface area contributed by atoms with Gasteiger partial charge in [0.1, 0.15) is 6.04 Å². The lowest BCUT2D eigenvalue weighted by Crippen LogP contribution is -2.56. The molecule has 3 aliphatic heterocycles. The fourth-order valence-electron chi connectivity index (χ4n) is 6.01. The number of carbonyl (C=O) groups excluding carboxylic acids is 3. The lowest BCUT2D eigenvalue weighted by atomic mass is 9.71. The molecule has 0 aliphatic carbocycles. The molecule has 3 saturated heterocycles. The van der Waals surface area contributed by atoms with E-state index in [1.807, 2.05) is 13.8 Å². The highest BCUT2D eigenvalue weighted by atomic mass is 79.9. The van der Waals surface area contributed by atoms with E-state index in [0.29, 0.717) is 32.5 Å². The van der Waals surface area contributed by atoms with Crippen molar-refractivity contribution in [1.82, 2.24) is 9.80 Å². The van der Waals surface area contributed by atoms with Crippen LogP contribution in [0.2, 0.25) is 0 Å². The smallest absolute Gasteiger partial charge is 0.310 e. The topological polar surface area (TPSA) is 87.2 Å². The lowest BCUT2D eigenvalue weighted by Gasteiger charge is -2.39. The third kappa shape index (κ3) is 5.58. The van der Waals surface area contributed by atoms with Gasteiger partial charge in [-0.1, -0.05) is 40.9 Å². The lowest BCUT2D eigenvalue weighted by molar-refractivity contribution is -0.154. The van der Waals surface area contributed by atoms with Crippen LogP contribution in [-0.2, 0) is 19.1 Å². The largest absolute Gasteiger partial charge is 0.465 e. The molecule has 0 radical (unpaired) electrons. The van der Waals surface area contributed by atoms with Crippen LogP contribution in [0.1, 0.15) is 58.8 Å². The molecule has 3 aliphatic rings. The van der Waals surface area contributed by atoms with Crippen molar-refractivity contribution < 1.29 is 24.2 Å². The van der Waals surface area contributed by atoms with E-state index in [2.05, 4.69) is 29.1 Å². The Morgan fingerprint density at radius 3 is 2.61 bits per heavy atom. The van der Waals surface area contributed by atoms with Crippen molar-refractivity contribution in [2.75, 3.05) is 26.3 Å². The molecule has 9 heteroatoms. The molecule has 0 aromatic rings. The number of unbranched alkanes of at least 4 members (excludes halogenated alkanes) is 4. The number of rotatable bonds is 15. The first-order chi connectivity index (χ1) is 17.2. The van der Waals surface area contributed by atoms with Crippen molar-refractivity contribution in [3.05, 3.63) is 25.3 Å². The first-order valence-electron chi connectivity index (χ1n) is 13.2. The van der Waals surface area contributed by atoms with Crippen molar-refractivity contribution in [3.63, 3.8) is 0 Å². The number of allylic oxidation sites excluding steroid dienone is 1. The summed E-state index contributed by atoms with van der Waals surface area (Å²) in [5.74, 6) is -1.61. The van der Waals surface area contributed by atoms with Gasteiger partial charge >= 0.3 is 5.97 Å². The summed E-state index contributed by atoms with van der Waals surface area (Å²) in [6.07, 6.45) is 8.87. The number of carbonyl (C=O) groups is 3. The molecule has 2 bridgehead atoms. The molecular formula is C27H41BrN2O5S. The molecule has 202 valence electrons. The van der Waals surface area contributed by atoms with Gasteiger partial charge in [-0.25, -0.2) is 0 Å². The van der Waals surface area contributed by atoms with Crippen LogP contribution in [0.3, 0.4) is 0 Å². The minimum atomic E-state index is -0.656. The van der Waals surface area contributed by atoms with Gasteiger partial charge in [-0.05, 0) is 46.0 Å². The Hall–Kier alpha value is -1.32. The summed E-state index contributed by atoms with van der Waals surface area (Å²) in [6.45, 7) is 12.8. The van der Waals surface area contributed by atoms with Crippen molar-refractivity contribution in [2.45, 2.75) is 85.7 Å². The summed E-state index contributed by atoms with van der Waals surface area (Å²) in [5.41, 5.74) is 0. The quantitative estimate of drug-likeness (QED) is 0.136. The number of thioether (sulfide) groups is 1. The molecule has 3 unspecified atom stereocenters. The van der Waals surface area contributed by atoms with Gasteiger partial charge in [0.2, 0.25) is 11.8 Å². The summed E-state index contributed by atoms with van der Waals surface area (Å²) in [6, 6.07) is -0.662. The Morgan fingerprint density at radius 2 is 1.97 bits per heavy atom. The Kier molecular flexibility index (Phi) is 10.5. The SMILES string of the molecule is C=CCCCOC(=O)[C@H]1[C@@H]2SC3(CC2Br)C(C(=O)N(CC=C)C(C)C)N(CCCCCCO)C(=O)[C@H]13. The summed E-state index contributed by atoms with van der Waals surface area (Å²) >= 11 is 5.43. The number of nitrogens with zero attached hydrogens (tertiary/aromatic N) is 2. The number of esters is 1. The maximum absolute atomic E-state index is 14.1. The highest BCUT2D eigenvalue weighted by Crippen LogP contribution is 2.68. The number of amides is 2. The van der Waals surface area contributed by atoms with Gasteiger partial charge in [-0.2, -0.15) is 0 Å². The second kappa shape index (κ2) is 13.0. The average Bonchev–Trinajstić information content (AvgIpc) is 3.43. The first-order valence-corrected chi connectivity index (χ1v) is 15.0. The predicted molar refractivity (Wildman–Crippen MR) is 147 cm³/mol. The van der Waals surface area contributed by atoms with Gasteiger partial charge in [0.25, 0.3) is 0 Å². The molecule has 6 atom stereocenters. The zero-order chi connectivity index (χ0) is 26.5. The van der Waals surface area contributed by atoms with E-state index in [1.165, 1.54) is 0 Å². The van der Waals surface area contributed by atoms with Crippen molar-refractivity contribution in [3.8, 4) is 0 Å². The second-order valence-corrected chi connectivity index (χ2v) is 13.0. The summed E-state index contributed by atoms with van der Waals surface area (Å²) in [7, 11) is 0.